The van der Waals surface area contributed by atoms with Crippen LogP contribution in [0.25, 0.3) is 11.1 Å². The number of benzene rings is 1. The molecule has 14 heavy (non-hydrogen) atoms. The van der Waals surface area contributed by atoms with E-state index < -0.39 is 0 Å². The van der Waals surface area contributed by atoms with Gasteiger partial charge in [-0.05, 0) is 33.6 Å². The Morgan fingerprint density at radius 1 is 1.43 bits per heavy atom. The van der Waals surface area contributed by atoms with E-state index in [9.17, 15) is 0 Å². The van der Waals surface area contributed by atoms with Gasteiger partial charge in [0.2, 0.25) is 0 Å². The molecule has 0 unspecified atom stereocenters. The third kappa shape index (κ3) is 1.65. The molecule has 3 nitrogen and oxygen atoms in total. The lowest BCUT2D eigenvalue weighted by atomic mass is 10.1. The minimum absolute atomic E-state index is 0.843. The second-order valence-electron chi connectivity index (χ2n) is 2.83. The molecule has 2 aromatic rings. The van der Waals surface area contributed by atoms with Gasteiger partial charge in [0.05, 0.1) is 13.3 Å². The molecule has 2 rings (SSSR count). The molecule has 0 radical (unpaired) electrons. The first-order chi connectivity index (χ1) is 6.81. The van der Waals surface area contributed by atoms with Gasteiger partial charge in [0.25, 0.3) is 0 Å². The highest BCUT2D eigenvalue weighted by Crippen LogP contribution is 2.28. The molecule has 0 aliphatic rings. The van der Waals surface area contributed by atoms with Crippen LogP contribution in [0.1, 0.15) is 0 Å². The second kappa shape index (κ2) is 3.84. The molecule has 1 aromatic heterocycles. The maximum atomic E-state index is 5.15. The Bertz CT molecular complexity index is 439. The number of hydrogen-bond acceptors (Lipinski definition) is 2. The fraction of sp³-hybridized carbons (Fsp3) is 0.100. The highest BCUT2D eigenvalue weighted by molar-refractivity contribution is 9.10. The van der Waals surface area contributed by atoms with Crippen molar-refractivity contribution >= 4 is 15.9 Å². The summed E-state index contributed by atoms with van der Waals surface area (Å²) >= 11 is 3.39. The smallest absolute Gasteiger partial charge is 0.119 e. The van der Waals surface area contributed by atoms with Crippen LogP contribution in [0.5, 0.6) is 5.75 Å². The van der Waals surface area contributed by atoms with Gasteiger partial charge < -0.3 is 4.74 Å². The Hall–Kier alpha value is -1.29. The topological polar surface area (TPSA) is 37.9 Å². The lowest BCUT2D eigenvalue weighted by Gasteiger charge is -2.02. The summed E-state index contributed by atoms with van der Waals surface area (Å²) in [5.74, 6) is 0.843. The quantitative estimate of drug-likeness (QED) is 0.893. The third-order valence-corrected chi connectivity index (χ3v) is 2.58. The fourth-order valence-corrected chi connectivity index (χ4v) is 1.70. The number of aromatic nitrogens is 2. The highest BCUT2D eigenvalue weighted by Gasteiger charge is 2.05. The van der Waals surface area contributed by atoms with E-state index in [1.165, 1.54) is 0 Å². The molecule has 1 N–H and O–H groups in total. The average molecular weight is 253 g/mol. The molecular formula is C10H9BrN2O. The molecule has 0 fully saturated rings. The van der Waals surface area contributed by atoms with Crippen LogP contribution in [0.4, 0.5) is 0 Å². The number of halogens is 1. The number of rotatable bonds is 2. The van der Waals surface area contributed by atoms with Gasteiger partial charge in [0.15, 0.2) is 0 Å². The molecular weight excluding hydrogens is 244 g/mol. The van der Waals surface area contributed by atoms with E-state index >= 15 is 0 Å². The SMILES string of the molecule is COc1cccc(-c2cn[nH]c2Br)c1. The average Bonchev–Trinajstić information content (AvgIpc) is 2.65. The molecule has 72 valence electrons. The highest BCUT2D eigenvalue weighted by atomic mass is 79.9. The Labute approximate surface area is 90.2 Å². The van der Waals surface area contributed by atoms with Gasteiger partial charge in [0.1, 0.15) is 10.4 Å². The van der Waals surface area contributed by atoms with Crippen LogP contribution in [0.15, 0.2) is 35.1 Å². The summed E-state index contributed by atoms with van der Waals surface area (Å²) < 4.78 is 6.03. The van der Waals surface area contributed by atoms with E-state index in [2.05, 4.69) is 26.1 Å². The summed E-state index contributed by atoms with van der Waals surface area (Å²) in [6.07, 6.45) is 1.78. The van der Waals surface area contributed by atoms with Crippen molar-refractivity contribution < 1.29 is 4.74 Å². The van der Waals surface area contributed by atoms with Crippen LogP contribution in [0, 0.1) is 0 Å². The third-order valence-electron chi connectivity index (χ3n) is 1.97. The van der Waals surface area contributed by atoms with Gasteiger partial charge in [-0.15, -0.1) is 0 Å². The predicted molar refractivity (Wildman–Crippen MR) is 58.3 cm³/mol. The molecule has 0 spiro atoms. The van der Waals surface area contributed by atoms with Crippen molar-refractivity contribution in [3.05, 3.63) is 35.1 Å². The van der Waals surface area contributed by atoms with E-state index in [0.29, 0.717) is 0 Å². The standard InChI is InChI=1S/C10H9BrN2O/c1-14-8-4-2-3-7(5-8)9-6-12-13-10(9)11/h2-6H,1H3,(H,12,13). The maximum absolute atomic E-state index is 5.15. The Kier molecular flexibility index (Phi) is 2.54. The van der Waals surface area contributed by atoms with Crippen LogP contribution in [0.3, 0.4) is 0 Å². The zero-order valence-corrected chi connectivity index (χ0v) is 9.21. The lowest BCUT2D eigenvalue weighted by molar-refractivity contribution is 0.415. The van der Waals surface area contributed by atoms with Crippen LogP contribution < -0.4 is 4.74 Å². The summed E-state index contributed by atoms with van der Waals surface area (Å²) in [6.45, 7) is 0. The van der Waals surface area contributed by atoms with Gasteiger partial charge >= 0.3 is 0 Å². The maximum Gasteiger partial charge on any atom is 0.119 e. The van der Waals surface area contributed by atoms with Crippen LogP contribution in [0.2, 0.25) is 0 Å². The van der Waals surface area contributed by atoms with Crippen LogP contribution >= 0.6 is 15.9 Å². The lowest BCUT2D eigenvalue weighted by Crippen LogP contribution is -1.83. The summed E-state index contributed by atoms with van der Waals surface area (Å²) in [5.41, 5.74) is 2.11. The van der Waals surface area contributed by atoms with Crippen molar-refractivity contribution in [2.45, 2.75) is 0 Å². The van der Waals surface area contributed by atoms with Gasteiger partial charge in [-0.2, -0.15) is 5.10 Å². The van der Waals surface area contributed by atoms with E-state index in [0.717, 1.165) is 21.5 Å². The van der Waals surface area contributed by atoms with Crippen molar-refractivity contribution in [2.24, 2.45) is 0 Å². The number of hydrogen-bond donors (Lipinski definition) is 1. The second-order valence-corrected chi connectivity index (χ2v) is 3.62. The number of aromatic amines is 1. The summed E-state index contributed by atoms with van der Waals surface area (Å²) in [5, 5.41) is 6.77. The number of methoxy groups -OCH3 is 1. The van der Waals surface area contributed by atoms with Crippen molar-refractivity contribution in [3.63, 3.8) is 0 Å². The number of nitrogens with zero attached hydrogens (tertiary/aromatic N) is 1. The first-order valence-electron chi connectivity index (χ1n) is 4.14. The Balaban J connectivity index is 2.47. The summed E-state index contributed by atoms with van der Waals surface area (Å²) in [4.78, 5) is 0. The number of ether oxygens (including phenoxy) is 1. The van der Waals surface area contributed by atoms with Crippen molar-refractivity contribution in [1.82, 2.24) is 10.2 Å². The summed E-state index contributed by atoms with van der Waals surface area (Å²) in [6, 6.07) is 7.85. The van der Waals surface area contributed by atoms with Gasteiger partial charge in [-0.3, -0.25) is 5.10 Å². The molecule has 1 aromatic carbocycles. The molecule has 0 atom stereocenters. The summed E-state index contributed by atoms with van der Waals surface area (Å²) in [7, 11) is 1.66. The first-order valence-corrected chi connectivity index (χ1v) is 4.94. The van der Waals surface area contributed by atoms with Gasteiger partial charge in [-0.1, -0.05) is 12.1 Å². The Morgan fingerprint density at radius 2 is 2.29 bits per heavy atom. The zero-order chi connectivity index (χ0) is 9.97. The minimum atomic E-state index is 0.843. The molecule has 0 saturated carbocycles. The molecule has 0 aliphatic carbocycles. The van der Waals surface area contributed by atoms with Crippen molar-refractivity contribution in [2.75, 3.05) is 7.11 Å². The molecule has 4 heteroatoms. The van der Waals surface area contributed by atoms with Crippen LogP contribution in [-0.2, 0) is 0 Å². The normalized spacial score (nSPS) is 10.1. The number of H-pyrrole nitrogens is 1. The largest absolute Gasteiger partial charge is 0.497 e. The monoisotopic (exact) mass is 252 g/mol. The molecule has 0 bridgehead atoms. The van der Waals surface area contributed by atoms with Gasteiger partial charge in [-0.25, -0.2) is 0 Å². The predicted octanol–water partition coefficient (Wildman–Crippen LogP) is 2.85. The molecule has 0 saturated heterocycles. The fourth-order valence-electron chi connectivity index (χ4n) is 1.26. The zero-order valence-electron chi connectivity index (χ0n) is 7.62. The minimum Gasteiger partial charge on any atom is -0.497 e. The van der Waals surface area contributed by atoms with Crippen molar-refractivity contribution in [3.8, 4) is 16.9 Å². The molecule has 1 heterocycles. The van der Waals surface area contributed by atoms with E-state index in [1.54, 1.807) is 13.3 Å². The molecule has 0 amide bonds. The van der Waals surface area contributed by atoms with E-state index in [-0.39, 0.29) is 0 Å². The van der Waals surface area contributed by atoms with Crippen molar-refractivity contribution in [1.29, 1.82) is 0 Å². The van der Waals surface area contributed by atoms with E-state index in [1.807, 2.05) is 24.3 Å². The first kappa shape index (κ1) is 9.27. The van der Waals surface area contributed by atoms with Crippen LogP contribution in [-0.4, -0.2) is 17.3 Å². The Morgan fingerprint density at radius 3 is 2.93 bits per heavy atom. The van der Waals surface area contributed by atoms with Gasteiger partial charge in [0, 0.05) is 5.56 Å². The molecule has 0 aliphatic heterocycles. The van der Waals surface area contributed by atoms with E-state index in [4.69, 9.17) is 4.74 Å². The number of nitrogens with one attached hydrogen (secondary N) is 1.